The largest absolute Gasteiger partial charge is 0.549 e. The molecule has 2 bridgehead atoms. The van der Waals surface area contributed by atoms with Gasteiger partial charge in [-0.2, -0.15) is 0 Å². The van der Waals surface area contributed by atoms with Crippen molar-refractivity contribution in [2.45, 2.75) is 18.3 Å². The van der Waals surface area contributed by atoms with Crippen LogP contribution in [0.15, 0.2) is 72.8 Å². The fourth-order valence-electron chi connectivity index (χ4n) is 6.07. The number of aryl methyl sites for hydroxylation is 1. The number of anilines is 1. The Morgan fingerprint density at radius 2 is 1.39 bits per heavy atom. The first-order valence-electron chi connectivity index (χ1n) is 10.3. The van der Waals surface area contributed by atoms with Crippen LogP contribution >= 0.6 is 0 Å². The van der Waals surface area contributed by atoms with Crippen molar-refractivity contribution in [3.8, 4) is 0 Å². The van der Waals surface area contributed by atoms with Crippen LogP contribution in [0.3, 0.4) is 0 Å². The van der Waals surface area contributed by atoms with Crippen LogP contribution in [0.25, 0.3) is 0 Å². The molecule has 1 heterocycles. The van der Waals surface area contributed by atoms with Crippen LogP contribution < -0.4 is 10.0 Å². The molecule has 7 rings (SSSR count). The van der Waals surface area contributed by atoms with E-state index in [1.165, 1.54) is 4.90 Å². The van der Waals surface area contributed by atoms with Gasteiger partial charge in [-0.25, -0.2) is 4.90 Å². The van der Waals surface area contributed by atoms with E-state index in [2.05, 4.69) is 0 Å². The summed E-state index contributed by atoms with van der Waals surface area (Å²) in [6.07, 6.45) is 0. The van der Waals surface area contributed by atoms with Crippen molar-refractivity contribution in [1.29, 1.82) is 0 Å². The Hall–Kier alpha value is -3.73. The molecule has 2 atom stereocenters. The van der Waals surface area contributed by atoms with E-state index in [1.54, 1.807) is 36.4 Å². The Kier molecular flexibility index (Phi) is 3.45. The van der Waals surface area contributed by atoms with Gasteiger partial charge in [0, 0.05) is 5.92 Å². The highest BCUT2D eigenvalue weighted by atomic mass is 16.4. The van der Waals surface area contributed by atoms with Crippen LogP contribution in [-0.4, -0.2) is 17.8 Å². The van der Waals surface area contributed by atoms with Crippen molar-refractivity contribution >= 4 is 23.5 Å². The third-order valence-electron chi connectivity index (χ3n) is 7.23. The van der Waals surface area contributed by atoms with E-state index < -0.39 is 29.1 Å². The molecule has 5 heteroatoms. The van der Waals surface area contributed by atoms with E-state index in [-0.39, 0.29) is 11.8 Å². The van der Waals surface area contributed by atoms with Gasteiger partial charge in [-0.05, 0) is 41.3 Å². The number of carboxylic acids is 1. The second kappa shape index (κ2) is 5.91. The smallest absolute Gasteiger partial charge is 0.239 e. The lowest BCUT2D eigenvalue weighted by Gasteiger charge is -2.54. The molecule has 1 aliphatic heterocycles. The summed E-state index contributed by atoms with van der Waals surface area (Å²) in [6.45, 7) is 1.93. The van der Waals surface area contributed by atoms with Crippen molar-refractivity contribution in [2.75, 3.05) is 4.90 Å². The lowest BCUT2D eigenvalue weighted by atomic mass is 9.47. The maximum absolute atomic E-state index is 13.8. The number of amides is 2. The molecule has 3 aromatic rings. The third-order valence-corrected chi connectivity index (χ3v) is 7.23. The molecule has 3 aromatic carbocycles. The first-order valence-corrected chi connectivity index (χ1v) is 10.3. The van der Waals surface area contributed by atoms with E-state index in [4.69, 9.17) is 0 Å². The number of benzene rings is 3. The topological polar surface area (TPSA) is 77.5 Å². The number of aliphatic carboxylic acids is 1. The average molecular weight is 408 g/mol. The van der Waals surface area contributed by atoms with E-state index in [0.29, 0.717) is 16.8 Å². The van der Waals surface area contributed by atoms with Crippen LogP contribution in [-0.2, 0) is 19.8 Å². The number of carboxylic acid groups (broad SMARTS) is 1. The summed E-state index contributed by atoms with van der Waals surface area (Å²) in [6, 6.07) is 21.7. The summed E-state index contributed by atoms with van der Waals surface area (Å²) in [7, 11) is 0. The Balaban J connectivity index is 1.67. The van der Waals surface area contributed by atoms with Gasteiger partial charge in [-0.1, -0.05) is 66.2 Å². The average Bonchev–Trinajstić information content (AvgIpc) is 3.05. The molecule has 1 fully saturated rings. The van der Waals surface area contributed by atoms with Crippen molar-refractivity contribution in [3.05, 3.63) is 101 Å². The number of nitrogens with zero attached hydrogens (tertiary/aromatic N) is 1. The highest BCUT2D eigenvalue weighted by molar-refractivity contribution is 6.25. The van der Waals surface area contributed by atoms with E-state index in [0.717, 1.165) is 16.7 Å². The zero-order valence-electron chi connectivity index (χ0n) is 16.7. The molecule has 0 saturated carbocycles. The number of carbonyl (C=O) groups is 3. The second-order valence-electron chi connectivity index (χ2n) is 8.60. The highest BCUT2D eigenvalue weighted by Gasteiger charge is 2.68. The zero-order chi connectivity index (χ0) is 21.5. The number of imide groups is 1. The molecule has 1 saturated heterocycles. The number of rotatable bonds is 2. The second-order valence-corrected chi connectivity index (χ2v) is 8.60. The summed E-state index contributed by atoms with van der Waals surface area (Å²) in [5, 5.41) is 12.9. The molecular formula is C26H18NO4-. The molecular weight excluding hydrogens is 390 g/mol. The van der Waals surface area contributed by atoms with Crippen LogP contribution in [0.4, 0.5) is 5.69 Å². The molecule has 3 aliphatic carbocycles. The Morgan fingerprint density at radius 1 is 0.839 bits per heavy atom. The summed E-state index contributed by atoms with van der Waals surface area (Å²) >= 11 is 0. The van der Waals surface area contributed by atoms with E-state index in [9.17, 15) is 19.5 Å². The molecule has 0 N–H and O–H groups in total. The minimum Gasteiger partial charge on any atom is -0.549 e. The van der Waals surface area contributed by atoms with Gasteiger partial charge in [-0.15, -0.1) is 0 Å². The molecule has 4 aliphatic rings. The van der Waals surface area contributed by atoms with Gasteiger partial charge in [0.1, 0.15) is 0 Å². The lowest BCUT2D eigenvalue weighted by Crippen LogP contribution is -2.61. The van der Waals surface area contributed by atoms with Gasteiger partial charge >= 0.3 is 0 Å². The maximum Gasteiger partial charge on any atom is 0.239 e. The lowest BCUT2D eigenvalue weighted by molar-refractivity contribution is -0.314. The summed E-state index contributed by atoms with van der Waals surface area (Å²) in [4.78, 5) is 41.6. The molecule has 0 unspecified atom stereocenters. The Labute approximate surface area is 178 Å². The number of hydrogen-bond acceptors (Lipinski definition) is 4. The standard InChI is InChI=1S/C26H19NO4/c1-14-10-12-15(13-11-14)27-23(28)21-20-16-6-2-4-8-18(16)26(25(30)31,22(21)24(27)29)19-9-5-3-7-17(19)20/h2-13,20-22H,1H3,(H,30,31)/p-1/t20?,21-,22-,26?/m1/s1. The van der Waals surface area contributed by atoms with Gasteiger partial charge in [0.25, 0.3) is 0 Å². The highest BCUT2D eigenvalue weighted by Crippen LogP contribution is 2.64. The molecule has 152 valence electrons. The first kappa shape index (κ1) is 18.1. The molecule has 0 aromatic heterocycles. The SMILES string of the molecule is Cc1ccc(N2C(=O)[C@@H]3C4c5ccccc5C(C(=O)[O-])(c5ccccc54)[C@H]3C2=O)cc1. The van der Waals surface area contributed by atoms with Crippen molar-refractivity contribution in [3.63, 3.8) is 0 Å². The van der Waals surface area contributed by atoms with Crippen LogP contribution in [0.5, 0.6) is 0 Å². The van der Waals surface area contributed by atoms with Gasteiger partial charge in [0.05, 0.1) is 28.9 Å². The third kappa shape index (κ3) is 1.99. The normalized spacial score (nSPS) is 27.6. The summed E-state index contributed by atoms with van der Waals surface area (Å²) in [5.74, 6) is -4.36. The number of hydrogen-bond donors (Lipinski definition) is 0. The molecule has 31 heavy (non-hydrogen) atoms. The Morgan fingerprint density at radius 3 is 1.94 bits per heavy atom. The summed E-state index contributed by atoms with van der Waals surface area (Å²) in [5.41, 5.74) is 2.48. The minimum atomic E-state index is -1.70. The van der Waals surface area contributed by atoms with Crippen LogP contribution in [0.2, 0.25) is 0 Å². The summed E-state index contributed by atoms with van der Waals surface area (Å²) < 4.78 is 0. The van der Waals surface area contributed by atoms with Gasteiger partial charge < -0.3 is 9.90 Å². The zero-order valence-corrected chi connectivity index (χ0v) is 16.7. The van der Waals surface area contributed by atoms with Crippen LogP contribution in [0, 0.1) is 18.8 Å². The fraction of sp³-hybridized carbons (Fsp3) is 0.192. The maximum atomic E-state index is 13.8. The van der Waals surface area contributed by atoms with E-state index in [1.807, 2.05) is 43.3 Å². The van der Waals surface area contributed by atoms with Gasteiger partial charge in [0.2, 0.25) is 11.8 Å². The van der Waals surface area contributed by atoms with Crippen molar-refractivity contribution in [1.82, 2.24) is 0 Å². The van der Waals surface area contributed by atoms with Gasteiger partial charge in [0.15, 0.2) is 0 Å². The predicted molar refractivity (Wildman–Crippen MR) is 111 cm³/mol. The Bertz CT molecular complexity index is 1250. The van der Waals surface area contributed by atoms with Crippen LogP contribution in [0.1, 0.15) is 33.7 Å². The molecule has 2 amide bonds. The molecule has 5 nitrogen and oxygen atoms in total. The first-order chi connectivity index (χ1) is 15.0. The molecule has 0 spiro atoms. The molecule has 0 radical (unpaired) electrons. The van der Waals surface area contributed by atoms with Crippen molar-refractivity contribution < 1.29 is 19.5 Å². The fourth-order valence-corrected chi connectivity index (χ4v) is 6.07. The monoisotopic (exact) mass is 408 g/mol. The predicted octanol–water partition coefficient (Wildman–Crippen LogP) is 2.30. The minimum absolute atomic E-state index is 0.349. The van der Waals surface area contributed by atoms with E-state index >= 15 is 0 Å². The van der Waals surface area contributed by atoms with Crippen molar-refractivity contribution in [2.24, 2.45) is 11.8 Å². The number of carbonyl (C=O) groups excluding carboxylic acids is 3. The van der Waals surface area contributed by atoms with Gasteiger partial charge in [-0.3, -0.25) is 9.59 Å². The quantitative estimate of drug-likeness (QED) is 0.610.